The van der Waals surface area contributed by atoms with Gasteiger partial charge in [-0.3, -0.25) is 4.99 Å². The zero-order chi connectivity index (χ0) is 15.5. The molecule has 5 heteroatoms. The van der Waals surface area contributed by atoms with E-state index in [1.165, 1.54) is 22.4 Å². The molecule has 4 nitrogen and oxygen atoms in total. The molecule has 22 heavy (non-hydrogen) atoms. The van der Waals surface area contributed by atoms with Crippen LogP contribution in [0, 0.1) is 13.8 Å². The average molecular weight is 314 g/mol. The molecule has 2 aromatic rings. The molecule has 1 aromatic carbocycles. The fraction of sp³-hybridized carbons (Fsp3) is 0.412. The molecular formula is C17H22N4S. The lowest BCUT2D eigenvalue weighted by molar-refractivity contribution is 0.786. The smallest absolute Gasteiger partial charge is 0.191 e. The second-order valence-electron chi connectivity index (χ2n) is 5.74. The summed E-state index contributed by atoms with van der Waals surface area (Å²) in [5, 5.41) is 7.94. The number of aliphatic imine (C=N–C) groups is 1. The average Bonchev–Trinajstić information content (AvgIpc) is 3.15. The Labute approximate surface area is 135 Å². The van der Waals surface area contributed by atoms with E-state index in [0.29, 0.717) is 12.0 Å². The van der Waals surface area contributed by atoms with E-state index < -0.39 is 0 Å². The van der Waals surface area contributed by atoms with Crippen LogP contribution in [0.15, 0.2) is 35.5 Å². The highest BCUT2D eigenvalue weighted by molar-refractivity contribution is 7.11. The lowest BCUT2D eigenvalue weighted by atomic mass is 10.0. The summed E-state index contributed by atoms with van der Waals surface area (Å²) in [5.41, 5.74) is 2.82. The molecule has 0 aliphatic heterocycles. The van der Waals surface area contributed by atoms with Crippen molar-refractivity contribution in [3.8, 4) is 0 Å². The van der Waals surface area contributed by atoms with Crippen molar-refractivity contribution >= 4 is 17.3 Å². The number of hydrogen-bond donors (Lipinski definition) is 2. The van der Waals surface area contributed by atoms with Gasteiger partial charge in [-0.2, -0.15) is 0 Å². The number of nitrogens with one attached hydrogen (secondary N) is 2. The molecule has 3 rings (SSSR count). The largest absolute Gasteiger partial charge is 0.353 e. The van der Waals surface area contributed by atoms with Crippen molar-refractivity contribution in [2.24, 2.45) is 4.99 Å². The first-order chi connectivity index (χ1) is 10.7. The van der Waals surface area contributed by atoms with Crippen LogP contribution in [0.2, 0.25) is 0 Å². The maximum atomic E-state index is 4.36. The molecule has 1 fully saturated rings. The monoisotopic (exact) mass is 314 g/mol. The minimum Gasteiger partial charge on any atom is -0.353 e. The van der Waals surface area contributed by atoms with Gasteiger partial charge >= 0.3 is 0 Å². The fourth-order valence-corrected chi connectivity index (χ4v) is 3.44. The topological polar surface area (TPSA) is 49.3 Å². The quantitative estimate of drug-likeness (QED) is 0.674. The lowest BCUT2D eigenvalue weighted by Crippen LogP contribution is -2.38. The summed E-state index contributed by atoms with van der Waals surface area (Å²) < 4.78 is 0. The van der Waals surface area contributed by atoms with Crippen LogP contribution in [-0.2, 0) is 6.54 Å². The number of guanidine groups is 1. The van der Waals surface area contributed by atoms with Gasteiger partial charge in [-0.05, 0) is 31.4 Å². The van der Waals surface area contributed by atoms with E-state index in [2.05, 4.69) is 58.7 Å². The standard InChI is InChI=1S/C17H22N4S/c1-11-6-4-5-7-13(11)14-8-15(14)21-17(18-3)20-10-16-19-9-12(2)22-16/h4-7,9,14-15H,8,10H2,1-3H3,(H2,18,20,21). The predicted molar refractivity (Wildman–Crippen MR) is 92.5 cm³/mol. The summed E-state index contributed by atoms with van der Waals surface area (Å²) in [6.45, 7) is 4.98. The molecular weight excluding hydrogens is 292 g/mol. The number of nitrogens with zero attached hydrogens (tertiary/aromatic N) is 2. The van der Waals surface area contributed by atoms with Gasteiger partial charge in [0, 0.05) is 30.1 Å². The van der Waals surface area contributed by atoms with Crippen LogP contribution >= 0.6 is 11.3 Å². The van der Waals surface area contributed by atoms with Crippen LogP contribution in [0.1, 0.15) is 33.4 Å². The highest BCUT2D eigenvalue weighted by Gasteiger charge is 2.39. The normalized spacial score (nSPS) is 20.8. The Morgan fingerprint density at radius 2 is 2.18 bits per heavy atom. The van der Waals surface area contributed by atoms with Gasteiger partial charge in [-0.15, -0.1) is 11.3 Å². The summed E-state index contributed by atoms with van der Waals surface area (Å²) in [5.74, 6) is 1.45. The summed E-state index contributed by atoms with van der Waals surface area (Å²) >= 11 is 1.72. The number of aryl methyl sites for hydroxylation is 2. The second kappa shape index (κ2) is 6.48. The molecule has 0 saturated heterocycles. The van der Waals surface area contributed by atoms with Crippen LogP contribution in [0.4, 0.5) is 0 Å². The lowest BCUT2D eigenvalue weighted by Gasteiger charge is -2.11. The highest BCUT2D eigenvalue weighted by Crippen LogP contribution is 2.41. The molecule has 2 unspecified atom stereocenters. The maximum Gasteiger partial charge on any atom is 0.191 e. The molecule has 1 heterocycles. The molecule has 0 bridgehead atoms. The van der Waals surface area contributed by atoms with Crippen LogP contribution < -0.4 is 10.6 Å². The van der Waals surface area contributed by atoms with Crippen LogP contribution in [0.5, 0.6) is 0 Å². The van der Waals surface area contributed by atoms with E-state index in [9.17, 15) is 0 Å². The molecule has 116 valence electrons. The SMILES string of the molecule is CN=C(NCc1ncc(C)s1)NC1CC1c1ccccc1C. The summed E-state index contributed by atoms with van der Waals surface area (Å²) in [4.78, 5) is 9.91. The van der Waals surface area contributed by atoms with Crippen molar-refractivity contribution in [2.45, 2.75) is 38.8 Å². The maximum absolute atomic E-state index is 4.36. The molecule has 1 saturated carbocycles. The van der Waals surface area contributed by atoms with E-state index in [1.807, 2.05) is 13.2 Å². The molecule has 0 amide bonds. The van der Waals surface area contributed by atoms with Crippen molar-refractivity contribution in [1.82, 2.24) is 15.6 Å². The van der Waals surface area contributed by atoms with Crippen LogP contribution in [-0.4, -0.2) is 24.0 Å². The van der Waals surface area contributed by atoms with Gasteiger partial charge in [0.2, 0.25) is 0 Å². The Bertz CT molecular complexity index is 677. The first kappa shape index (κ1) is 15.0. The number of hydrogen-bond acceptors (Lipinski definition) is 3. The van der Waals surface area contributed by atoms with Gasteiger partial charge in [0.25, 0.3) is 0 Å². The highest BCUT2D eigenvalue weighted by atomic mass is 32.1. The Morgan fingerprint density at radius 3 is 2.86 bits per heavy atom. The third-order valence-corrected chi connectivity index (χ3v) is 4.91. The molecule has 2 atom stereocenters. The van der Waals surface area contributed by atoms with Gasteiger partial charge < -0.3 is 10.6 Å². The summed E-state index contributed by atoms with van der Waals surface area (Å²) in [6, 6.07) is 9.11. The summed E-state index contributed by atoms with van der Waals surface area (Å²) in [7, 11) is 1.81. The molecule has 1 aliphatic carbocycles. The Kier molecular flexibility index (Phi) is 4.43. The zero-order valence-electron chi connectivity index (χ0n) is 13.3. The first-order valence-corrected chi connectivity index (χ1v) is 8.43. The fourth-order valence-electron chi connectivity index (χ4n) is 2.71. The van der Waals surface area contributed by atoms with Gasteiger partial charge in [0.05, 0.1) is 6.54 Å². The number of thiazole rings is 1. The minimum atomic E-state index is 0.477. The predicted octanol–water partition coefficient (Wildman–Crippen LogP) is 2.98. The van der Waals surface area contributed by atoms with E-state index in [1.54, 1.807) is 11.3 Å². The molecule has 0 spiro atoms. The van der Waals surface area contributed by atoms with E-state index in [4.69, 9.17) is 0 Å². The summed E-state index contributed by atoms with van der Waals surface area (Å²) in [6.07, 6.45) is 3.08. The number of aromatic nitrogens is 1. The molecule has 1 aromatic heterocycles. The van der Waals surface area contributed by atoms with E-state index >= 15 is 0 Å². The van der Waals surface area contributed by atoms with Gasteiger partial charge in [-0.25, -0.2) is 4.98 Å². The Morgan fingerprint density at radius 1 is 1.36 bits per heavy atom. The molecule has 0 radical (unpaired) electrons. The molecule has 1 aliphatic rings. The van der Waals surface area contributed by atoms with E-state index in [0.717, 1.165) is 17.5 Å². The third-order valence-electron chi connectivity index (χ3n) is 4.00. The van der Waals surface area contributed by atoms with Crippen molar-refractivity contribution in [2.75, 3.05) is 7.05 Å². The van der Waals surface area contributed by atoms with Crippen molar-refractivity contribution in [3.05, 3.63) is 51.5 Å². The van der Waals surface area contributed by atoms with Crippen molar-refractivity contribution in [3.63, 3.8) is 0 Å². The number of rotatable bonds is 4. The minimum absolute atomic E-state index is 0.477. The molecule has 2 N–H and O–H groups in total. The zero-order valence-corrected chi connectivity index (χ0v) is 14.1. The van der Waals surface area contributed by atoms with Gasteiger partial charge in [-0.1, -0.05) is 24.3 Å². The van der Waals surface area contributed by atoms with E-state index in [-0.39, 0.29) is 0 Å². The van der Waals surface area contributed by atoms with Gasteiger partial charge in [0.1, 0.15) is 5.01 Å². The van der Waals surface area contributed by atoms with Crippen LogP contribution in [0.3, 0.4) is 0 Å². The Hall–Kier alpha value is -1.88. The van der Waals surface area contributed by atoms with Crippen molar-refractivity contribution < 1.29 is 0 Å². The van der Waals surface area contributed by atoms with Gasteiger partial charge in [0.15, 0.2) is 5.96 Å². The van der Waals surface area contributed by atoms with Crippen LogP contribution in [0.25, 0.3) is 0 Å². The second-order valence-corrected chi connectivity index (χ2v) is 7.06. The first-order valence-electron chi connectivity index (χ1n) is 7.61. The number of benzene rings is 1. The van der Waals surface area contributed by atoms with Crippen molar-refractivity contribution in [1.29, 1.82) is 0 Å². The third kappa shape index (κ3) is 3.47. The Balaban J connectivity index is 1.53.